The molecule has 0 radical (unpaired) electrons. The van der Waals surface area contributed by atoms with E-state index in [1.54, 1.807) is 0 Å². The second-order valence-electron chi connectivity index (χ2n) is 4.59. The molecular formula is C11H20F3NO4. The summed E-state index contributed by atoms with van der Waals surface area (Å²) in [5, 5.41) is 10.3. The van der Waals surface area contributed by atoms with Crippen molar-refractivity contribution < 1.29 is 32.6 Å². The summed E-state index contributed by atoms with van der Waals surface area (Å²) in [7, 11) is 0. The van der Waals surface area contributed by atoms with E-state index in [1.807, 2.05) is 20.8 Å². The first-order valence-corrected chi connectivity index (χ1v) is 5.63. The van der Waals surface area contributed by atoms with Crippen LogP contribution in [0, 0.1) is 0 Å². The Balaban J connectivity index is 0. The maximum atomic E-state index is 10.6. The van der Waals surface area contributed by atoms with Crippen molar-refractivity contribution in [3.05, 3.63) is 0 Å². The molecule has 1 aliphatic heterocycles. The first-order valence-electron chi connectivity index (χ1n) is 5.63. The number of carboxylic acid groups (broad SMARTS) is 1. The van der Waals surface area contributed by atoms with Crippen LogP contribution in [0.1, 0.15) is 33.6 Å². The van der Waals surface area contributed by atoms with Gasteiger partial charge in [-0.1, -0.05) is 0 Å². The molecule has 0 saturated carbocycles. The summed E-state index contributed by atoms with van der Waals surface area (Å²) in [6.45, 7) is 8.42. The number of carbonyl (C=O) groups is 2. The zero-order valence-corrected chi connectivity index (χ0v) is 11.2. The van der Waals surface area contributed by atoms with Gasteiger partial charge in [-0.15, -0.1) is 0 Å². The first-order chi connectivity index (χ1) is 8.50. The molecule has 1 saturated heterocycles. The molecule has 0 amide bonds. The van der Waals surface area contributed by atoms with Crippen molar-refractivity contribution in [2.24, 2.45) is 0 Å². The van der Waals surface area contributed by atoms with Gasteiger partial charge in [0, 0.05) is 0 Å². The summed E-state index contributed by atoms with van der Waals surface area (Å²) in [4.78, 5) is 18.5. The molecule has 0 unspecified atom stereocenters. The minimum Gasteiger partial charge on any atom is -0.475 e. The Kier molecular flexibility index (Phi) is 10.1. The van der Waals surface area contributed by atoms with Crippen LogP contribution in [-0.2, 0) is 14.3 Å². The number of halogens is 3. The van der Waals surface area contributed by atoms with Gasteiger partial charge in [-0.25, -0.2) is 4.79 Å². The highest BCUT2D eigenvalue weighted by molar-refractivity contribution is 5.73. The molecule has 1 aliphatic rings. The largest absolute Gasteiger partial charge is 0.490 e. The Hall–Kier alpha value is -1.31. The fraction of sp³-hybridized carbons (Fsp3) is 0.818. The average Bonchev–Trinajstić information content (AvgIpc) is 2.72. The topological polar surface area (TPSA) is 75.6 Å². The quantitative estimate of drug-likeness (QED) is 0.721. The van der Waals surface area contributed by atoms with Crippen molar-refractivity contribution in [3.63, 3.8) is 0 Å². The smallest absolute Gasteiger partial charge is 0.475 e. The van der Waals surface area contributed by atoms with Crippen LogP contribution in [0.25, 0.3) is 0 Å². The van der Waals surface area contributed by atoms with Gasteiger partial charge in [-0.3, -0.25) is 4.79 Å². The Labute approximate surface area is 110 Å². The first kappa shape index (κ1) is 20.0. The summed E-state index contributed by atoms with van der Waals surface area (Å²) in [6.07, 6.45) is -2.31. The fourth-order valence-corrected chi connectivity index (χ4v) is 0.769. The lowest BCUT2D eigenvalue weighted by atomic mass is 10.2. The molecule has 114 valence electrons. The van der Waals surface area contributed by atoms with Crippen molar-refractivity contribution in [3.8, 4) is 0 Å². The lowest BCUT2D eigenvalue weighted by molar-refractivity contribution is -0.192. The van der Waals surface area contributed by atoms with Crippen LogP contribution in [0.2, 0.25) is 0 Å². The van der Waals surface area contributed by atoms with Gasteiger partial charge < -0.3 is 15.2 Å². The summed E-state index contributed by atoms with van der Waals surface area (Å²) in [5.41, 5.74) is -0.318. The minimum atomic E-state index is -5.08. The van der Waals surface area contributed by atoms with Crippen LogP contribution < -0.4 is 5.32 Å². The normalized spacial score (nSPS) is 14.4. The third-order valence-electron chi connectivity index (χ3n) is 1.60. The summed E-state index contributed by atoms with van der Waals surface area (Å²) >= 11 is 0. The molecule has 1 fully saturated rings. The van der Waals surface area contributed by atoms with Crippen LogP contribution in [0.3, 0.4) is 0 Å². The van der Waals surface area contributed by atoms with Crippen molar-refractivity contribution in [1.82, 2.24) is 5.32 Å². The van der Waals surface area contributed by atoms with Crippen LogP contribution in [0.5, 0.6) is 0 Å². The molecule has 2 N–H and O–H groups in total. The molecule has 0 bridgehead atoms. The Morgan fingerprint density at radius 3 is 1.63 bits per heavy atom. The van der Waals surface area contributed by atoms with E-state index in [0.29, 0.717) is 6.47 Å². The van der Waals surface area contributed by atoms with E-state index >= 15 is 0 Å². The van der Waals surface area contributed by atoms with Gasteiger partial charge >= 0.3 is 12.1 Å². The van der Waals surface area contributed by atoms with Gasteiger partial charge in [0.2, 0.25) is 0 Å². The third kappa shape index (κ3) is 19.2. The van der Waals surface area contributed by atoms with E-state index in [1.165, 1.54) is 25.9 Å². The predicted molar refractivity (Wildman–Crippen MR) is 62.7 cm³/mol. The maximum Gasteiger partial charge on any atom is 0.490 e. The van der Waals surface area contributed by atoms with E-state index in [0.717, 1.165) is 0 Å². The summed E-state index contributed by atoms with van der Waals surface area (Å²) in [6, 6.07) is 0. The molecule has 0 aromatic carbocycles. The van der Waals surface area contributed by atoms with Crippen LogP contribution in [0.4, 0.5) is 13.2 Å². The fourth-order valence-electron chi connectivity index (χ4n) is 0.769. The molecule has 0 spiro atoms. The van der Waals surface area contributed by atoms with Crippen molar-refractivity contribution in [2.45, 2.75) is 45.4 Å². The van der Waals surface area contributed by atoms with E-state index in [4.69, 9.17) is 9.90 Å². The second kappa shape index (κ2) is 9.60. The molecule has 1 rings (SSSR count). The Morgan fingerprint density at radius 1 is 1.21 bits per heavy atom. The highest BCUT2D eigenvalue weighted by Crippen LogP contribution is 2.13. The minimum absolute atomic E-state index is 0.318. The van der Waals surface area contributed by atoms with Crippen LogP contribution in [0.15, 0.2) is 0 Å². The number of hydrogen-bond acceptors (Lipinski definition) is 4. The van der Waals surface area contributed by atoms with E-state index in [9.17, 15) is 18.0 Å². The average molecular weight is 287 g/mol. The zero-order valence-electron chi connectivity index (χ0n) is 11.2. The van der Waals surface area contributed by atoms with Gasteiger partial charge in [0.05, 0.1) is 0 Å². The standard InChI is InChI=1S/C5H10O2.C4H9N.C2HF3O2/c1-5(2,3)7-4-6;1-2-4-5-3-1;3-2(4,5)1(6)7/h4H,1-3H3;5H,1-4H2;(H,6,7). The molecule has 0 aliphatic carbocycles. The Morgan fingerprint density at radius 2 is 1.58 bits per heavy atom. The summed E-state index contributed by atoms with van der Waals surface area (Å²) in [5.74, 6) is -2.76. The molecule has 0 aromatic rings. The monoisotopic (exact) mass is 287 g/mol. The van der Waals surface area contributed by atoms with Crippen LogP contribution in [-0.4, -0.2) is 42.4 Å². The highest BCUT2D eigenvalue weighted by Gasteiger charge is 2.38. The van der Waals surface area contributed by atoms with Gasteiger partial charge in [-0.2, -0.15) is 13.2 Å². The van der Waals surface area contributed by atoms with Gasteiger partial charge in [0.15, 0.2) is 0 Å². The highest BCUT2D eigenvalue weighted by atomic mass is 19.4. The molecule has 19 heavy (non-hydrogen) atoms. The molecule has 5 nitrogen and oxygen atoms in total. The number of rotatable bonds is 1. The summed E-state index contributed by atoms with van der Waals surface area (Å²) < 4.78 is 36.3. The number of carboxylic acids is 1. The van der Waals surface area contributed by atoms with Gasteiger partial charge in [0.1, 0.15) is 5.60 Å². The molecule has 0 atom stereocenters. The number of hydrogen-bond donors (Lipinski definition) is 2. The van der Waals surface area contributed by atoms with Crippen molar-refractivity contribution >= 4 is 12.4 Å². The maximum absolute atomic E-state index is 10.6. The van der Waals surface area contributed by atoms with E-state index in [-0.39, 0.29) is 5.60 Å². The molecule has 8 heteroatoms. The predicted octanol–water partition coefficient (Wildman–Crippen LogP) is 1.96. The number of ether oxygens (including phenoxy) is 1. The number of nitrogens with one attached hydrogen (secondary N) is 1. The number of aliphatic carboxylic acids is 1. The number of alkyl halides is 3. The number of carbonyl (C=O) groups excluding carboxylic acids is 1. The third-order valence-corrected chi connectivity index (χ3v) is 1.60. The lowest BCUT2D eigenvalue weighted by Gasteiger charge is -2.14. The van der Waals surface area contributed by atoms with Crippen LogP contribution >= 0.6 is 0 Å². The zero-order chi connectivity index (χ0) is 15.5. The van der Waals surface area contributed by atoms with Gasteiger partial charge in [-0.05, 0) is 46.7 Å². The molecule has 0 aromatic heterocycles. The SMILES string of the molecule is C1CCNC1.CC(C)(C)OC=O.O=C(O)C(F)(F)F. The van der Waals surface area contributed by atoms with E-state index < -0.39 is 12.1 Å². The second-order valence-corrected chi connectivity index (χ2v) is 4.59. The van der Waals surface area contributed by atoms with Crippen molar-refractivity contribution in [1.29, 1.82) is 0 Å². The Bertz CT molecular complexity index is 250. The van der Waals surface area contributed by atoms with E-state index in [2.05, 4.69) is 10.1 Å². The van der Waals surface area contributed by atoms with Gasteiger partial charge in [0.25, 0.3) is 6.47 Å². The lowest BCUT2D eigenvalue weighted by Crippen LogP contribution is -2.21. The van der Waals surface area contributed by atoms with Crippen molar-refractivity contribution in [2.75, 3.05) is 13.1 Å². The molecular weight excluding hydrogens is 267 g/mol. The molecule has 1 heterocycles.